The molecular formula is C8H6F3N3O3S. The number of hydrogen-bond donors (Lipinski definition) is 1. The zero-order valence-corrected chi connectivity index (χ0v) is 9.62. The van der Waals surface area contributed by atoms with E-state index in [2.05, 4.69) is 9.97 Å². The highest BCUT2D eigenvalue weighted by molar-refractivity contribution is 7.90. The van der Waals surface area contributed by atoms with Crippen LogP contribution in [0.4, 0.5) is 13.2 Å². The second kappa shape index (κ2) is 3.57. The van der Waals surface area contributed by atoms with Crippen LogP contribution in [0.1, 0.15) is 5.82 Å². The number of rotatable bonds is 1. The molecule has 2 aromatic heterocycles. The van der Waals surface area contributed by atoms with Gasteiger partial charge in [-0.25, -0.2) is 18.4 Å². The van der Waals surface area contributed by atoms with Gasteiger partial charge in [0.05, 0.1) is 4.90 Å². The highest BCUT2D eigenvalue weighted by atomic mass is 32.2. The minimum Gasteiger partial charge on any atom is -0.426 e. The summed E-state index contributed by atoms with van der Waals surface area (Å²) in [5.74, 6) is -1.56. The second-order valence-corrected chi connectivity index (χ2v) is 5.55. The molecule has 2 aromatic rings. The quantitative estimate of drug-likeness (QED) is 0.791. The van der Waals surface area contributed by atoms with E-state index in [0.717, 1.165) is 18.5 Å². The molecule has 2 heterocycles. The Kier molecular flexibility index (Phi) is 2.50. The summed E-state index contributed by atoms with van der Waals surface area (Å²) < 4.78 is 59.5. The van der Waals surface area contributed by atoms with Crippen molar-refractivity contribution in [2.75, 3.05) is 6.26 Å². The number of pyridine rings is 1. The molecule has 0 fully saturated rings. The van der Waals surface area contributed by atoms with E-state index in [1.807, 2.05) is 0 Å². The summed E-state index contributed by atoms with van der Waals surface area (Å²) in [6.45, 7) is 0. The predicted molar refractivity (Wildman–Crippen MR) is 52.8 cm³/mol. The Balaban J connectivity index is 2.76. The van der Waals surface area contributed by atoms with Gasteiger partial charge in [-0.15, -0.1) is 0 Å². The Morgan fingerprint density at radius 1 is 1.39 bits per heavy atom. The van der Waals surface area contributed by atoms with Crippen molar-refractivity contribution in [1.82, 2.24) is 14.7 Å². The third-order valence-electron chi connectivity index (χ3n) is 2.14. The standard InChI is InChI=1S/C8H6F3N3O3S/c1-18(16,17)4-2-5-6(12-3-4)13-7(14(5)15)8(9,10)11/h2-3,15H,1H3. The average Bonchev–Trinajstić information content (AvgIpc) is 2.54. The first-order valence-corrected chi connectivity index (χ1v) is 6.35. The van der Waals surface area contributed by atoms with Gasteiger partial charge in [0.1, 0.15) is 5.52 Å². The number of nitrogens with zero attached hydrogens (tertiary/aromatic N) is 3. The zero-order valence-electron chi connectivity index (χ0n) is 8.80. The molecule has 0 aliphatic rings. The normalized spacial score (nSPS) is 13.1. The lowest BCUT2D eigenvalue weighted by Gasteiger charge is -2.03. The maximum Gasteiger partial charge on any atom is 0.453 e. The van der Waals surface area contributed by atoms with Crippen LogP contribution in [-0.4, -0.2) is 34.6 Å². The first kappa shape index (κ1) is 12.6. The van der Waals surface area contributed by atoms with Gasteiger partial charge in [0.2, 0.25) is 0 Å². The molecule has 0 bridgehead atoms. The van der Waals surface area contributed by atoms with Gasteiger partial charge in [0, 0.05) is 12.5 Å². The van der Waals surface area contributed by atoms with E-state index in [-0.39, 0.29) is 9.63 Å². The van der Waals surface area contributed by atoms with Gasteiger partial charge in [-0.3, -0.25) is 0 Å². The predicted octanol–water partition coefficient (Wildman–Crippen LogP) is 1.09. The molecule has 10 heteroatoms. The van der Waals surface area contributed by atoms with Gasteiger partial charge in [0.15, 0.2) is 15.5 Å². The van der Waals surface area contributed by atoms with Crippen LogP contribution in [0.25, 0.3) is 11.2 Å². The molecule has 18 heavy (non-hydrogen) atoms. The molecule has 1 N–H and O–H groups in total. The van der Waals surface area contributed by atoms with Gasteiger partial charge in [-0.05, 0) is 6.07 Å². The largest absolute Gasteiger partial charge is 0.453 e. The summed E-state index contributed by atoms with van der Waals surface area (Å²) in [6, 6.07) is 0.875. The molecule has 2 rings (SSSR count). The van der Waals surface area contributed by atoms with Crippen molar-refractivity contribution in [1.29, 1.82) is 0 Å². The third kappa shape index (κ3) is 1.98. The Morgan fingerprint density at radius 2 is 2.00 bits per heavy atom. The molecular weight excluding hydrogens is 275 g/mol. The van der Waals surface area contributed by atoms with Crippen LogP contribution in [0.2, 0.25) is 0 Å². The first-order chi connectivity index (χ1) is 8.10. The Labute approximate surface area is 98.6 Å². The van der Waals surface area contributed by atoms with Crippen molar-refractivity contribution in [3.05, 3.63) is 18.1 Å². The topological polar surface area (TPSA) is 85.1 Å². The van der Waals surface area contributed by atoms with E-state index in [1.54, 1.807) is 0 Å². The summed E-state index contributed by atoms with van der Waals surface area (Å²) in [7, 11) is -3.63. The summed E-state index contributed by atoms with van der Waals surface area (Å²) >= 11 is 0. The molecule has 0 spiro atoms. The second-order valence-electron chi connectivity index (χ2n) is 3.53. The average molecular weight is 281 g/mol. The molecule has 0 amide bonds. The molecule has 0 unspecified atom stereocenters. The van der Waals surface area contributed by atoms with Crippen molar-refractivity contribution in [2.24, 2.45) is 0 Å². The fraction of sp³-hybridized carbons (Fsp3) is 0.250. The van der Waals surface area contributed by atoms with Crippen LogP contribution in [0, 0.1) is 0 Å². The van der Waals surface area contributed by atoms with Crippen molar-refractivity contribution in [3.8, 4) is 0 Å². The van der Waals surface area contributed by atoms with Crippen molar-refractivity contribution in [2.45, 2.75) is 11.1 Å². The number of imidazole rings is 1. The Hall–Kier alpha value is -1.84. The Morgan fingerprint density at radius 3 is 2.50 bits per heavy atom. The molecule has 98 valence electrons. The van der Waals surface area contributed by atoms with Crippen LogP contribution in [0.3, 0.4) is 0 Å². The Bertz CT molecular complexity index is 720. The maximum absolute atomic E-state index is 12.4. The number of fused-ring (bicyclic) bond motifs is 1. The van der Waals surface area contributed by atoms with Crippen LogP contribution in [-0.2, 0) is 16.0 Å². The minimum absolute atomic E-state index is 0.225. The van der Waals surface area contributed by atoms with Gasteiger partial charge in [0.25, 0.3) is 5.82 Å². The highest BCUT2D eigenvalue weighted by Gasteiger charge is 2.38. The SMILES string of the molecule is CS(=O)(=O)c1cnc2nc(C(F)(F)F)n(O)c2c1. The highest BCUT2D eigenvalue weighted by Crippen LogP contribution is 2.30. The first-order valence-electron chi connectivity index (χ1n) is 4.45. The summed E-state index contributed by atoms with van der Waals surface area (Å²) in [6.07, 6.45) is -3.11. The van der Waals surface area contributed by atoms with E-state index in [4.69, 9.17) is 0 Å². The van der Waals surface area contributed by atoms with Crippen molar-refractivity contribution >= 4 is 21.0 Å². The van der Waals surface area contributed by atoms with E-state index >= 15 is 0 Å². The van der Waals surface area contributed by atoms with Crippen molar-refractivity contribution < 1.29 is 26.8 Å². The summed E-state index contributed by atoms with van der Waals surface area (Å²) in [5.41, 5.74) is -0.817. The lowest BCUT2D eigenvalue weighted by atomic mass is 10.4. The van der Waals surface area contributed by atoms with Gasteiger partial charge < -0.3 is 5.21 Å². The molecule has 6 nitrogen and oxygen atoms in total. The van der Waals surface area contributed by atoms with Crippen LogP contribution in [0.15, 0.2) is 17.2 Å². The molecule has 0 radical (unpaired) electrons. The molecule has 0 atom stereocenters. The number of sulfone groups is 1. The molecule has 0 saturated carbocycles. The van der Waals surface area contributed by atoms with Gasteiger partial charge in [-0.2, -0.15) is 17.9 Å². The van der Waals surface area contributed by atoms with Crippen LogP contribution < -0.4 is 0 Å². The molecule has 0 aromatic carbocycles. The smallest absolute Gasteiger partial charge is 0.426 e. The summed E-state index contributed by atoms with van der Waals surface area (Å²) in [4.78, 5) is 6.25. The molecule has 0 aliphatic carbocycles. The van der Waals surface area contributed by atoms with Gasteiger partial charge >= 0.3 is 6.18 Å². The minimum atomic E-state index is -4.86. The monoisotopic (exact) mass is 281 g/mol. The van der Waals surface area contributed by atoms with Crippen molar-refractivity contribution in [3.63, 3.8) is 0 Å². The van der Waals surface area contributed by atoms with E-state index in [0.29, 0.717) is 0 Å². The van der Waals surface area contributed by atoms with Crippen LogP contribution in [0.5, 0.6) is 0 Å². The van der Waals surface area contributed by atoms with Crippen LogP contribution >= 0.6 is 0 Å². The number of alkyl halides is 3. The molecule has 0 saturated heterocycles. The fourth-order valence-electron chi connectivity index (χ4n) is 1.32. The number of halogens is 3. The summed E-state index contributed by atoms with van der Waals surface area (Å²) in [5, 5.41) is 9.31. The number of aromatic nitrogens is 3. The third-order valence-corrected chi connectivity index (χ3v) is 3.22. The van der Waals surface area contributed by atoms with E-state index in [9.17, 15) is 26.8 Å². The lowest BCUT2D eigenvalue weighted by molar-refractivity contribution is -0.153. The zero-order chi connectivity index (χ0) is 13.7. The fourth-order valence-corrected chi connectivity index (χ4v) is 1.89. The van der Waals surface area contributed by atoms with E-state index in [1.165, 1.54) is 0 Å². The maximum atomic E-state index is 12.4. The van der Waals surface area contributed by atoms with E-state index < -0.39 is 33.0 Å². The lowest BCUT2D eigenvalue weighted by Crippen LogP contribution is -2.13. The number of hydrogen-bond acceptors (Lipinski definition) is 5. The molecule has 0 aliphatic heterocycles. The van der Waals surface area contributed by atoms with Gasteiger partial charge in [-0.1, -0.05) is 0 Å².